The molecule has 0 spiro atoms. The Morgan fingerprint density at radius 1 is 1.17 bits per heavy atom. The molecule has 0 unspecified atom stereocenters. The number of hydrogen-bond acceptors (Lipinski definition) is 3. The molecule has 4 N–H and O–H groups in total. The number of allylic oxidation sites excluding steroid dienone is 1. The first-order valence-electron chi connectivity index (χ1n) is 5.03. The minimum absolute atomic E-state index is 0. The van der Waals surface area contributed by atoms with Crippen LogP contribution in [-0.4, -0.2) is 18.0 Å². The molecule has 18 heavy (non-hydrogen) atoms. The monoisotopic (exact) mass is 265 g/mol. The van der Waals surface area contributed by atoms with Gasteiger partial charge in [0.1, 0.15) is 0 Å². The van der Waals surface area contributed by atoms with E-state index in [1.165, 1.54) is 6.21 Å². The topological polar surface area (TPSA) is 98.5 Å². The lowest BCUT2D eigenvalue weighted by atomic mass is 10.0. The number of primary amides is 2. The highest BCUT2D eigenvalue weighted by molar-refractivity contribution is 5.98. The molecule has 0 aromatic heterocycles. The van der Waals surface area contributed by atoms with Gasteiger partial charge in [-0.05, 0) is 23.8 Å². The Bertz CT molecular complexity index is 564. The summed E-state index contributed by atoms with van der Waals surface area (Å²) in [5.74, 6) is -0.974. The van der Waals surface area contributed by atoms with Crippen molar-refractivity contribution in [3.63, 3.8) is 0 Å². The molecule has 0 radical (unpaired) electrons. The summed E-state index contributed by atoms with van der Waals surface area (Å²) in [4.78, 5) is 26.3. The van der Waals surface area contributed by atoms with E-state index >= 15 is 0 Å². The lowest BCUT2D eigenvalue weighted by Gasteiger charge is -2.05. The van der Waals surface area contributed by atoms with Crippen molar-refractivity contribution in [2.24, 2.45) is 16.5 Å². The summed E-state index contributed by atoms with van der Waals surface area (Å²) in [5.41, 5.74) is 12.8. The molecule has 0 fully saturated rings. The predicted molar refractivity (Wildman–Crippen MR) is 71.3 cm³/mol. The third-order valence-corrected chi connectivity index (χ3v) is 2.56. The minimum atomic E-state index is -0.504. The van der Waals surface area contributed by atoms with Gasteiger partial charge in [-0.3, -0.25) is 14.6 Å². The zero-order chi connectivity index (χ0) is 12.4. The van der Waals surface area contributed by atoms with Gasteiger partial charge in [-0.1, -0.05) is 6.07 Å². The number of nitrogens with zero attached hydrogens (tertiary/aromatic N) is 1. The van der Waals surface area contributed by atoms with Crippen LogP contribution >= 0.6 is 12.4 Å². The molecule has 0 aliphatic carbocycles. The quantitative estimate of drug-likeness (QED) is 0.830. The number of rotatable bonds is 2. The van der Waals surface area contributed by atoms with Crippen LogP contribution in [0.25, 0.3) is 0 Å². The molecule has 0 saturated carbocycles. The number of carbonyl (C=O) groups is 2. The third-order valence-electron chi connectivity index (χ3n) is 2.56. The minimum Gasteiger partial charge on any atom is -0.366 e. The summed E-state index contributed by atoms with van der Waals surface area (Å²) >= 11 is 0. The van der Waals surface area contributed by atoms with E-state index in [2.05, 4.69) is 4.99 Å². The van der Waals surface area contributed by atoms with Crippen molar-refractivity contribution in [2.75, 3.05) is 0 Å². The van der Waals surface area contributed by atoms with E-state index in [1.807, 2.05) is 0 Å². The zero-order valence-electron chi connectivity index (χ0n) is 9.42. The second-order valence-electron chi connectivity index (χ2n) is 3.72. The van der Waals surface area contributed by atoms with E-state index in [1.54, 1.807) is 24.3 Å². The number of halogens is 1. The average molecular weight is 266 g/mol. The highest BCUT2D eigenvalue weighted by atomic mass is 35.5. The number of hydrogen-bond donors (Lipinski definition) is 2. The Kier molecular flexibility index (Phi) is 4.23. The van der Waals surface area contributed by atoms with Gasteiger partial charge >= 0.3 is 0 Å². The zero-order valence-corrected chi connectivity index (χ0v) is 10.2. The maximum Gasteiger partial charge on any atom is 0.248 e. The van der Waals surface area contributed by atoms with Crippen molar-refractivity contribution in [1.82, 2.24) is 0 Å². The van der Waals surface area contributed by atoms with Crippen LogP contribution < -0.4 is 11.5 Å². The second-order valence-corrected chi connectivity index (χ2v) is 3.72. The summed E-state index contributed by atoms with van der Waals surface area (Å²) in [6, 6.07) is 4.95. The van der Waals surface area contributed by atoms with E-state index in [4.69, 9.17) is 11.5 Å². The van der Waals surface area contributed by atoms with E-state index < -0.39 is 11.8 Å². The number of benzene rings is 1. The van der Waals surface area contributed by atoms with Crippen LogP contribution in [0, 0.1) is 0 Å². The van der Waals surface area contributed by atoms with Crippen molar-refractivity contribution in [3.05, 3.63) is 41.0 Å². The molecule has 6 heteroatoms. The van der Waals surface area contributed by atoms with E-state index in [0.29, 0.717) is 23.2 Å². The van der Waals surface area contributed by atoms with Crippen LogP contribution in [0.4, 0.5) is 5.69 Å². The Balaban J connectivity index is 0.00000162. The van der Waals surface area contributed by atoms with Crippen LogP contribution in [-0.2, 0) is 11.2 Å². The molecule has 0 saturated heterocycles. The van der Waals surface area contributed by atoms with Crippen LogP contribution in [0.5, 0.6) is 0 Å². The van der Waals surface area contributed by atoms with E-state index in [0.717, 1.165) is 5.56 Å². The fraction of sp³-hybridized carbons (Fsp3) is 0.0833. The van der Waals surface area contributed by atoms with Gasteiger partial charge in [0.15, 0.2) is 0 Å². The first kappa shape index (κ1) is 13.9. The van der Waals surface area contributed by atoms with Gasteiger partial charge in [-0.2, -0.15) is 0 Å². The lowest BCUT2D eigenvalue weighted by molar-refractivity contribution is -0.114. The molecule has 5 nitrogen and oxygen atoms in total. The van der Waals surface area contributed by atoms with E-state index in [9.17, 15) is 9.59 Å². The predicted octanol–water partition coefficient (Wildman–Crippen LogP) is 0.877. The van der Waals surface area contributed by atoms with Crippen molar-refractivity contribution >= 4 is 36.1 Å². The average Bonchev–Trinajstić information content (AvgIpc) is 2.49. The Morgan fingerprint density at radius 2 is 1.89 bits per heavy atom. The summed E-state index contributed by atoms with van der Waals surface area (Å²) in [5, 5.41) is 0. The standard InChI is InChI=1S/C12H11N3O2.ClH/c13-11(16)8-2-1-7-5-9(12(14)17)3-4-15-10(7)6-8;/h1-4,6H,5H2,(H2,13,16)(H2,14,17);1H. The van der Waals surface area contributed by atoms with Crippen LogP contribution in [0.3, 0.4) is 0 Å². The van der Waals surface area contributed by atoms with E-state index in [-0.39, 0.29) is 12.4 Å². The first-order chi connectivity index (χ1) is 8.08. The molecular formula is C12H12ClN3O2. The second kappa shape index (κ2) is 5.46. The molecule has 1 heterocycles. The van der Waals surface area contributed by atoms with Crippen LogP contribution in [0.2, 0.25) is 0 Å². The first-order valence-corrected chi connectivity index (χ1v) is 5.03. The highest BCUT2D eigenvalue weighted by Gasteiger charge is 2.13. The lowest BCUT2D eigenvalue weighted by Crippen LogP contribution is -2.15. The van der Waals surface area contributed by atoms with Crippen molar-refractivity contribution in [2.45, 2.75) is 6.42 Å². The molecule has 2 amide bonds. The fourth-order valence-corrected chi connectivity index (χ4v) is 1.63. The maximum atomic E-state index is 11.1. The Hall–Kier alpha value is -2.14. The number of amides is 2. The maximum absolute atomic E-state index is 11.1. The molecule has 94 valence electrons. The molecule has 1 aromatic carbocycles. The molecule has 1 aromatic rings. The number of carbonyl (C=O) groups excluding carboxylic acids is 2. The summed E-state index contributed by atoms with van der Waals surface area (Å²) in [6.45, 7) is 0. The largest absolute Gasteiger partial charge is 0.366 e. The number of nitrogens with two attached hydrogens (primary N) is 2. The van der Waals surface area contributed by atoms with Crippen LogP contribution in [0.1, 0.15) is 15.9 Å². The summed E-state index contributed by atoms with van der Waals surface area (Å²) in [6.07, 6.45) is 3.48. The third kappa shape index (κ3) is 2.75. The van der Waals surface area contributed by atoms with Gasteiger partial charge in [0, 0.05) is 23.8 Å². The van der Waals surface area contributed by atoms with Crippen LogP contribution in [0.15, 0.2) is 34.8 Å². The molecule has 0 bridgehead atoms. The summed E-state index contributed by atoms with van der Waals surface area (Å²) in [7, 11) is 0. The molecule has 1 aliphatic heterocycles. The van der Waals surface area contributed by atoms with Gasteiger partial charge < -0.3 is 11.5 Å². The fourth-order valence-electron chi connectivity index (χ4n) is 1.63. The Labute approximate surface area is 110 Å². The van der Waals surface area contributed by atoms with Gasteiger partial charge in [0.05, 0.1) is 5.69 Å². The molecule has 2 rings (SSSR count). The smallest absolute Gasteiger partial charge is 0.248 e. The molecular weight excluding hydrogens is 254 g/mol. The van der Waals surface area contributed by atoms with Gasteiger partial charge in [0.25, 0.3) is 0 Å². The van der Waals surface area contributed by atoms with Crippen molar-refractivity contribution in [3.8, 4) is 0 Å². The highest BCUT2D eigenvalue weighted by Crippen LogP contribution is 2.25. The van der Waals surface area contributed by atoms with Gasteiger partial charge in [-0.25, -0.2) is 0 Å². The normalized spacial score (nSPS) is 12.8. The van der Waals surface area contributed by atoms with Crippen molar-refractivity contribution in [1.29, 1.82) is 0 Å². The summed E-state index contributed by atoms with van der Waals surface area (Å²) < 4.78 is 0. The molecule has 0 atom stereocenters. The van der Waals surface area contributed by atoms with Gasteiger partial charge in [0.2, 0.25) is 11.8 Å². The van der Waals surface area contributed by atoms with Crippen molar-refractivity contribution < 1.29 is 9.59 Å². The van der Waals surface area contributed by atoms with Gasteiger partial charge in [-0.15, -0.1) is 12.4 Å². The molecule has 1 aliphatic rings. The number of aliphatic imine (C=N–C) groups is 1. The number of fused-ring (bicyclic) bond motifs is 1. The Morgan fingerprint density at radius 3 is 2.50 bits per heavy atom. The SMILES string of the molecule is Cl.NC(=O)C1=CC=Nc2cc(C(N)=O)ccc2C1.